The van der Waals surface area contributed by atoms with Crippen LogP contribution in [-0.2, 0) is 32.7 Å². The van der Waals surface area contributed by atoms with E-state index in [0.29, 0.717) is 15.2 Å². The molecule has 2 amide bonds. The Morgan fingerprint density at radius 1 is 1.26 bits per heavy atom. The number of alkyl halides is 1. The van der Waals surface area contributed by atoms with Crippen molar-refractivity contribution >= 4 is 56.6 Å². The van der Waals surface area contributed by atoms with E-state index < -0.39 is 18.5 Å². The molecule has 0 aliphatic rings. The number of carbonyl (C=O) groups excluding carboxylic acids is 2. The van der Waals surface area contributed by atoms with Crippen LogP contribution in [0.15, 0.2) is 41.1 Å². The summed E-state index contributed by atoms with van der Waals surface area (Å²) in [6, 6.07) is 7.67. The second-order valence-corrected chi connectivity index (χ2v) is 7.78. The van der Waals surface area contributed by atoms with E-state index in [1.54, 1.807) is 25.1 Å². The molecule has 0 atom stereocenters. The van der Waals surface area contributed by atoms with Crippen LogP contribution in [-0.4, -0.2) is 50.2 Å². The van der Waals surface area contributed by atoms with E-state index in [-0.39, 0.29) is 67.1 Å². The number of aryl methyl sites for hydroxylation is 1. The normalized spacial score (nSPS) is 9.97. The first kappa shape index (κ1) is 30.5. The summed E-state index contributed by atoms with van der Waals surface area (Å²) in [6.45, 7) is 0.692. The number of nitrogens with one attached hydrogen (secondary N) is 2. The first-order valence-corrected chi connectivity index (χ1v) is 10.6. The molecule has 0 saturated carbocycles. The van der Waals surface area contributed by atoms with Crippen LogP contribution in [0.3, 0.4) is 0 Å². The number of pyridine rings is 1. The number of hydrogen-bond donors (Lipinski definition) is 4. The van der Waals surface area contributed by atoms with Gasteiger partial charge in [-0.3, -0.25) is 9.59 Å². The smallest absolute Gasteiger partial charge is 0.274 e. The van der Waals surface area contributed by atoms with Crippen molar-refractivity contribution in [3.05, 3.63) is 73.6 Å². The van der Waals surface area contributed by atoms with Crippen molar-refractivity contribution in [2.75, 3.05) is 18.6 Å². The van der Waals surface area contributed by atoms with E-state index >= 15 is 0 Å². The Labute approximate surface area is 237 Å². The van der Waals surface area contributed by atoms with Crippen LogP contribution in [0.5, 0.6) is 0 Å². The van der Waals surface area contributed by atoms with Gasteiger partial charge >= 0.3 is 0 Å². The molecule has 4 N–H and O–H groups in total. The van der Waals surface area contributed by atoms with Gasteiger partial charge < -0.3 is 26.6 Å². The molecule has 0 unspecified atom stereocenters. The third-order valence-corrected chi connectivity index (χ3v) is 4.77. The molecule has 2 heterocycles. The fraction of sp³-hybridized carbons (Fsp3) is 0.158. The fourth-order valence-corrected chi connectivity index (χ4v) is 3.43. The zero-order valence-corrected chi connectivity index (χ0v) is 23.4. The molecule has 1 radical (unpaired) electrons. The summed E-state index contributed by atoms with van der Waals surface area (Å²) in [5.41, 5.74) is 5.36. The molecule has 3 aromatic rings. The van der Waals surface area contributed by atoms with E-state index in [0.717, 1.165) is 0 Å². The molecule has 0 fully saturated rings. The number of aliphatic hydroxyl groups is 1. The average molecular weight is 652 g/mol. The molecule has 34 heavy (non-hydrogen) atoms. The molecule has 0 spiro atoms. The molecule has 1 aromatic carbocycles. The summed E-state index contributed by atoms with van der Waals surface area (Å²) in [7, 11) is 0. The molecular weight excluding hydrogens is 635 g/mol. The Hall–Kier alpha value is -1.51. The number of anilines is 1. The predicted octanol–water partition coefficient (Wildman–Crippen LogP) is 4.25. The predicted molar refractivity (Wildman–Crippen MR) is 124 cm³/mol. The molecule has 10 nitrogen and oxygen atoms in total. The number of amides is 2. The Bertz CT molecular complexity index is 1150. The number of aliphatic hydroxyl groups excluding tert-OH is 1. The SMILES string of the molecule is Cc1cc(Cl)cc(C(=O)N[N-]O)c1NC(=O)c1cc(Br)nn1-c1ncccc1Cl.OCCF.[Y]. The second-order valence-electron chi connectivity index (χ2n) is 6.13. The number of benzene rings is 1. The minimum atomic E-state index is -0.754. The number of carbonyl (C=O) groups is 2. The van der Waals surface area contributed by atoms with Crippen molar-refractivity contribution in [3.63, 3.8) is 0 Å². The first-order valence-electron chi connectivity index (χ1n) is 9.02. The molecular formula is C19H17BrCl2FN6O4Y-. The number of rotatable bonds is 6. The minimum Gasteiger partial charge on any atom is -0.483 e. The Morgan fingerprint density at radius 3 is 2.53 bits per heavy atom. The molecule has 0 aliphatic carbocycles. The van der Waals surface area contributed by atoms with Crippen molar-refractivity contribution in [2.24, 2.45) is 0 Å². The molecule has 3 rings (SSSR count). The first-order chi connectivity index (χ1) is 15.7. The molecule has 2 aromatic heterocycles. The minimum absolute atomic E-state index is 0. The van der Waals surface area contributed by atoms with Crippen LogP contribution in [0.1, 0.15) is 26.4 Å². The van der Waals surface area contributed by atoms with Crippen LogP contribution >= 0.6 is 39.1 Å². The Morgan fingerprint density at radius 2 is 1.94 bits per heavy atom. The summed E-state index contributed by atoms with van der Waals surface area (Å²) in [6.07, 6.45) is 1.52. The van der Waals surface area contributed by atoms with Crippen LogP contribution in [0.25, 0.3) is 11.4 Å². The fourth-order valence-electron chi connectivity index (χ4n) is 2.58. The van der Waals surface area contributed by atoms with E-state index in [1.165, 1.54) is 23.0 Å². The zero-order chi connectivity index (χ0) is 24.5. The van der Waals surface area contributed by atoms with Crippen molar-refractivity contribution in [1.82, 2.24) is 20.2 Å². The summed E-state index contributed by atoms with van der Waals surface area (Å²) in [4.78, 5) is 29.4. The quantitative estimate of drug-likeness (QED) is 0.294. The third kappa shape index (κ3) is 8.02. The van der Waals surface area contributed by atoms with Gasteiger partial charge in [0.05, 0.1) is 22.9 Å². The molecule has 179 valence electrons. The Kier molecular flexibility index (Phi) is 13.3. The maximum Gasteiger partial charge on any atom is 0.274 e. The van der Waals surface area contributed by atoms with E-state index in [4.69, 9.17) is 33.5 Å². The average Bonchev–Trinajstić information content (AvgIpc) is 3.17. The molecule has 0 aliphatic heterocycles. The van der Waals surface area contributed by atoms with Crippen molar-refractivity contribution in [1.29, 1.82) is 0 Å². The van der Waals surface area contributed by atoms with Gasteiger partial charge in [0.25, 0.3) is 5.91 Å². The number of aromatic nitrogens is 3. The van der Waals surface area contributed by atoms with Crippen LogP contribution in [0, 0.1) is 6.92 Å². The van der Waals surface area contributed by atoms with Gasteiger partial charge in [-0.05, 0) is 52.7 Å². The zero-order valence-electron chi connectivity index (χ0n) is 17.5. The maximum atomic E-state index is 13.0. The summed E-state index contributed by atoms with van der Waals surface area (Å²) in [5.74, 6) is -1.07. The largest absolute Gasteiger partial charge is 0.483 e. The van der Waals surface area contributed by atoms with Crippen molar-refractivity contribution in [2.45, 2.75) is 6.92 Å². The van der Waals surface area contributed by atoms with Crippen molar-refractivity contribution < 1.29 is 57.0 Å². The van der Waals surface area contributed by atoms with E-state index in [1.807, 2.05) is 5.43 Å². The molecule has 0 saturated heterocycles. The summed E-state index contributed by atoms with van der Waals surface area (Å²) >= 11 is 15.4. The van der Waals surface area contributed by atoms with Crippen LogP contribution in [0.4, 0.5) is 10.1 Å². The van der Waals surface area contributed by atoms with Gasteiger partial charge in [0.1, 0.15) is 17.0 Å². The molecule has 15 heteroatoms. The third-order valence-electron chi connectivity index (χ3n) is 3.87. The summed E-state index contributed by atoms with van der Waals surface area (Å²) < 4.78 is 12.1. The Balaban J connectivity index is 0.00000107. The van der Waals surface area contributed by atoms with Gasteiger partial charge in [-0.2, -0.15) is 5.10 Å². The topological polar surface area (TPSA) is 143 Å². The van der Waals surface area contributed by atoms with Gasteiger partial charge in [0, 0.05) is 50.0 Å². The van der Waals surface area contributed by atoms with Gasteiger partial charge in [0.15, 0.2) is 5.82 Å². The number of nitrogens with zero attached hydrogens (tertiary/aromatic N) is 4. The monoisotopic (exact) mass is 650 g/mol. The van der Waals surface area contributed by atoms with Gasteiger partial charge in [-0.15, -0.1) is 0 Å². The molecule has 0 bridgehead atoms. The number of hydrogen-bond acceptors (Lipinski definition) is 6. The van der Waals surface area contributed by atoms with E-state index in [9.17, 15) is 14.0 Å². The van der Waals surface area contributed by atoms with Crippen LogP contribution < -0.4 is 10.7 Å². The van der Waals surface area contributed by atoms with Gasteiger partial charge in [-0.25, -0.2) is 14.1 Å². The maximum absolute atomic E-state index is 13.0. The van der Waals surface area contributed by atoms with Crippen molar-refractivity contribution in [3.8, 4) is 5.82 Å². The van der Waals surface area contributed by atoms with E-state index in [2.05, 4.69) is 36.9 Å². The number of halogens is 4. The van der Waals surface area contributed by atoms with Crippen LogP contribution in [0.2, 0.25) is 10.0 Å². The standard InChI is InChI=1S/C17H13BrCl2N6O3.C2H5FO.Y/c1-8-5-9(19)6-10(16(27)23-25-29)14(8)22-17(28)12-7-13(18)24-26(12)15-11(20)3-2-4-21-15;3-1-2-4;/h2-7H,1H3,(H4,22,23,24,25,27,28,29);4H,1-2H2;/p-1. The summed E-state index contributed by atoms with van der Waals surface area (Å²) in [5, 5.41) is 23.6. The van der Waals surface area contributed by atoms with Gasteiger partial charge in [-0.1, -0.05) is 23.2 Å². The van der Waals surface area contributed by atoms with Gasteiger partial charge in [0.2, 0.25) is 5.91 Å². The second kappa shape index (κ2) is 14.8.